The predicted molar refractivity (Wildman–Crippen MR) is 77.5 cm³/mol. The van der Waals surface area contributed by atoms with E-state index in [0.29, 0.717) is 31.5 Å². The maximum Gasteiger partial charge on any atom is 0.186 e. The molecule has 1 rings (SSSR count). The number of rotatable bonds is 8. The summed E-state index contributed by atoms with van der Waals surface area (Å²) < 4.78 is 61.1. The molecule has 118 valence electrons. The third-order valence-electron chi connectivity index (χ3n) is 2.14. The van der Waals surface area contributed by atoms with Gasteiger partial charge in [-0.15, -0.1) is 0 Å². The van der Waals surface area contributed by atoms with Crippen molar-refractivity contribution < 1.29 is 21.7 Å². The van der Waals surface area contributed by atoms with E-state index in [2.05, 4.69) is 11.3 Å². The van der Waals surface area contributed by atoms with Gasteiger partial charge in [0.25, 0.3) is 0 Å². The normalized spacial score (nSPS) is 10.9. The van der Waals surface area contributed by atoms with Gasteiger partial charge in [0.1, 0.15) is 10.6 Å². The van der Waals surface area contributed by atoms with E-state index in [9.17, 15) is 17.6 Å². The summed E-state index contributed by atoms with van der Waals surface area (Å²) in [6.07, 6.45) is 0.538. The quantitative estimate of drug-likeness (QED) is 0.187. The largest absolute Gasteiger partial charge is 0.394 e. The third kappa shape index (κ3) is 5.10. The Morgan fingerprint density at radius 3 is 2.29 bits per heavy atom. The minimum Gasteiger partial charge on any atom is -0.394 e. The first-order valence-corrected chi connectivity index (χ1v) is 7.38. The average Bonchev–Trinajstić information content (AvgIpc) is 2.45. The van der Waals surface area contributed by atoms with Crippen LogP contribution in [-0.2, 0) is 4.18 Å². The lowest BCUT2D eigenvalue weighted by molar-refractivity contribution is 0.368. The van der Waals surface area contributed by atoms with Crippen LogP contribution in [0.2, 0.25) is 0 Å². The first kappa shape index (κ1) is 18.1. The lowest BCUT2D eigenvalue weighted by Crippen LogP contribution is -2.11. The molecule has 0 bridgehead atoms. The van der Waals surface area contributed by atoms with Gasteiger partial charge in [-0.05, 0) is 25.3 Å². The van der Waals surface area contributed by atoms with Gasteiger partial charge in [-0.2, -0.15) is 0 Å². The molecular weight excluding hydrogens is 328 g/mol. The van der Waals surface area contributed by atoms with E-state index in [0.717, 1.165) is 16.9 Å². The highest BCUT2D eigenvalue weighted by Gasteiger charge is 2.24. The fourth-order valence-corrected chi connectivity index (χ4v) is 2.34. The minimum atomic E-state index is -1.60. The van der Waals surface area contributed by atoms with Crippen molar-refractivity contribution in [2.45, 2.75) is 18.2 Å². The van der Waals surface area contributed by atoms with Crippen LogP contribution in [0, 0.1) is 23.3 Å². The van der Waals surface area contributed by atoms with Gasteiger partial charge in [0.15, 0.2) is 23.3 Å². The van der Waals surface area contributed by atoms with Gasteiger partial charge in [-0.3, -0.25) is 4.72 Å². The van der Waals surface area contributed by atoms with Crippen LogP contribution < -0.4 is 10.5 Å². The van der Waals surface area contributed by atoms with E-state index in [-0.39, 0.29) is 0 Å². The molecule has 0 radical (unpaired) electrons. The Morgan fingerprint density at radius 1 is 1.19 bits per heavy atom. The monoisotopic (exact) mass is 342 g/mol. The highest BCUT2D eigenvalue weighted by molar-refractivity contribution is 7.98. The summed E-state index contributed by atoms with van der Waals surface area (Å²) in [4.78, 5) is 0.00531. The maximum atomic E-state index is 13.5. The van der Waals surface area contributed by atoms with Crippen LogP contribution >= 0.6 is 24.0 Å². The summed E-state index contributed by atoms with van der Waals surface area (Å²) in [5, 5.41) is 0. The molecule has 0 aliphatic rings. The zero-order valence-corrected chi connectivity index (χ0v) is 12.8. The van der Waals surface area contributed by atoms with Gasteiger partial charge in [0.05, 0.1) is 6.61 Å². The molecule has 0 aliphatic carbocycles. The van der Waals surface area contributed by atoms with Gasteiger partial charge in [0.2, 0.25) is 0 Å². The molecule has 0 aliphatic heterocycles. The van der Waals surface area contributed by atoms with Crippen molar-refractivity contribution >= 4 is 29.7 Å². The summed E-state index contributed by atoms with van der Waals surface area (Å²) >= 11 is 1.59. The molecule has 0 atom stereocenters. The zero-order valence-electron chi connectivity index (χ0n) is 11.1. The molecule has 3 nitrogen and oxygen atoms in total. The average molecular weight is 342 g/mol. The van der Waals surface area contributed by atoms with E-state index in [1.54, 1.807) is 6.92 Å². The summed E-state index contributed by atoms with van der Waals surface area (Å²) in [5.74, 6) is -6.23. The van der Waals surface area contributed by atoms with E-state index in [1.807, 2.05) is 0 Å². The molecular formula is C12H14F4N2OS2. The fraction of sp³-hybridized carbons (Fsp3) is 0.333. The van der Waals surface area contributed by atoms with E-state index >= 15 is 0 Å². The van der Waals surface area contributed by atoms with Crippen molar-refractivity contribution in [3.8, 4) is 0 Å². The molecule has 21 heavy (non-hydrogen) atoms. The van der Waals surface area contributed by atoms with Crippen molar-refractivity contribution in [3.05, 3.63) is 34.8 Å². The number of nitrogens with two attached hydrogens (primary N) is 1. The molecule has 0 spiro atoms. The van der Waals surface area contributed by atoms with Gasteiger partial charge >= 0.3 is 0 Å². The van der Waals surface area contributed by atoms with Crippen LogP contribution in [-0.4, -0.2) is 13.2 Å². The molecule has 0 amide bonds. The molecule has 9 heteroatoms. The van der Waals surface area contributed by atoms with Crippen molar-refractivity contribution in [1.82, 2.24) is 4.72 Å². The zero-order chi connectivity index (χ0) is 16.0. The lowest BCUT2D eigenvalue weighted by Gasteiger charge is -2.09. The predicted octanol–water partition coefficient (Wildman–Crippen LogP) is 4.01. The molecule has 1 aromatic carbocycles. The Balaban J connectivity index is 2.48. The molecule has 0 unspecified atom stereocenters. The van der Waals surface area contributed by atoms with Gasteiger partial charge in [0, 0.05) is 23.5 Å². The smallest absolute Gasteiger partial charge is 0.186 e. The van der Waals surface area contributed by atoms with Crippen LogP contribution in [0.3, 0.4) is 0 Å². The fourth-order valence-electron chi connectivity index (χ4n) is 1.19. The summed E-state index contributed by atoms with van der Waals surface area (Å²) in [5.41, 5.74) is 3.73. The Kier molecular flexibility index (Phi) is 7.36. The maximum absolute atomic E-state index is 13.5. The number of halogens is 4. The van der Waals surface area contributed by atoms with Crippen molar-refractivity contribution in [1.29, 1.82) is 0 Å². The third-order valence-corrected chi connectivity index (χ3v) is 3.62. The summed E-state index contributed by atoms with van der Waals surface area (Å²) in [6.45, 7) is 6.13. The SMILES string of the molecule is C=C(C)SOCCCNSc1c(F)c(F)c(N)c(F)c1F. The Hall–Kier alpha value is -0.900. The molecule has 0 fully saturated rings. The molecule has 0 heterocycles. The van der Waals surface area contributed by atoms with Crippen LogP contribution in [0.25, 0.3) is 0 Å². The molecule has 3 N–H and O–H groups in total. The van der Waals surface area contributed by atoms with Gasteiger partial charge in [-0.1, -0.05) is 6.58 Å². The molecule has 0 saturated carbocycles. The number of hydrogen-bond donors (Lipinski definition) is 2. The lowest BCUT2D eigenvalue weighted by atomic mass is 10.2. The second kappa shape index (κ2) is 8.52. The molecule has 0 aromatic heterocycles. The minimum absolute atomic E-state index is 0.327. The Labute approximate surface area is 128 Å². The molecule has 1 aromatic rings. The van der Waals surface area contributed by atoms with E-state index in [4.69, 9.17) is 9.92 Å². The Morgan fingerprint density at radius 2 is 1.76 bits per heavy atom. The number of anilines is 1. The van der Waals surface area contributed by atoms with Crippen LogP contribution in [0.1, 0.15) is 13.3 Å². The topological polar surface area (TPSA) is 47.3 Å². The summed E-state index contributed by atoms with van der Waals surface area (Å²) in [7, 11) is 0. The van der Waals surface area contributed by atoms with Crippen LogP contribution in [0.4, 0.5) is 23.2 Å². The Bertz CT molecular complexity index is 499. The van der Waals surface area contributed by atoms with Crippen molar-refractivity contribution in [2.24, 2.45) is 0 Å². The first-order chi connectivity index (χ1) is 9.86. The van der Waals surface area contributed by atoms with Gasteiger partial charge < -0.3 is 9.92 Å². The number of nitrogens with one attached hydrogen (secondary N) is 1. The second-order valence-electron chi connectivity index (χ2n) is 3.96. The van der Waals surface area contributed by atoms with Crippen LogP contribution in [0.15, 0.2) is 16.4 Å². The highest BCUT2D eigenvalue weighted by Crippen LogP contribution is 2.31. The van der Waals surface area contributed by atoms with Crippen molar-refractivity contribution in [2.75, 3.05) is 18.9 Å². The number of benzene rings is 1. The number of nitrogen functional groups attached to an aromatic ring is 1. The van der Waals surface area contributed by atoms with Gasteiger partial charge in [-0.25, -0.2) is 17.6 Å². The van der Waals surface area contributed by atoms with Crippen LogP contribution in [0.5, 0.6) is 0 Å². The second-order valence-corrected chi connectivity index (χ2v) is 5.96. The number of allylic oxidation sites excluding steroid dienone is 1. The molecule has 0 saturated heterocycles. The first-order valence-electron chi connectivity index (χ1n) is 5.82. The summed E-state index contributed by atoms with van der Waals surface area (Å²) in [6, 6.07) is 0. The number of hydrogen-bond acceptors (Lipinski definition) is 5. The van der Waals surface area contributed by atoms with Crippen molar-refractivity contribution in [3.63, 3.8) is 0 Å². The highest BCUT2D eigenvalue weighted by atomic mass is 32.2. The standard InChI is InChI=1S/C12H14F4N2OS2/c1-6(2)21-19-5-3-4-18-20-12-9(15)7(13)11(17)8(14)10(12)16/h18H,1,3-5,17H2,2H3. The van der Waals surface area contributed by atoms with E-state index < -0.39 is 33.9 Å². The van der Waals surface area contributed by atoms with E-state index in [1.165, 1.54) is 0 Å².